The van der Waals surface area contributed by atoms with Crippen LogP contribution in [-0.2, 0) is 6.42 Å². The van der Waals surface area contributed by atoms with E-state index in [1.807, 2.05) is 12.1 Å². The first-order valence-corrected chi connectivity index (χ1v) is 6.08. The number of hydrogen-bond donors (Lipinski definition) is 2. The molecule has 0 heterocycles. The van der Waals surface area contributed by atoms with Crippen molar-refractivity contribution in [3.05, 3.63) is 64.0 Å². The van der Waals surface area contributed by atoms with E-state index in [9.17, 15) is 14.5 Å². The number of nitro benzene ring substituents is 1. The largest absolute Gasteiger partial charge is 0.399 e. The van der Waals surface area contributed by atoms with Gasteiger partial charge in [0.05, 0.1) is 4.92 Å². The van der Waals surface area contributed by atoms with Gasteiger partial charge in [0, 0.05) is 24.4 Å². The summed E-state index contributed by atoms with van der Waals surface area (Å²) >= 11 is 0. The van der Waals surface area contributed by atoms with Crippen LogP contribution in [0.5, 0.6) is 0 Å². The number of nitro groups is 1. The normalized spacial score (nSPS) is 10.2. The van der Waals surface area contributed by atoms with E-state index in [4.69, 9.17) is 5.73 Å². The highest BCUT2D eigenvalue weighted by molar-refractivity contribution is 5.61. The fourth-order valence-corrected chi connectivity index (χ4v) is 1.83. The lowest BCUT2D eigenvalue weighted by Gasteiger charge is -2.07. The van der Waals surface area contributed by atoms with Gasteiger partial charge in [-0.3, -0.25) is 10.1 Å². The minimum atomic E-state index is -0.537. The molecule has 0 saturated heterocycles. The molecule has 2 aromatic carbocycles. The summed E-state index contributed by atoms with van der Waals surface area (Å²) in [6, 6.07) is 10.7. The number of nitrogen functional groups attached to an aromatic ring is 1. The van der Waals surface area contributed by atoms with Crippen LogP contribution in [0.2, 0.25) is 0 Å². The van der Waals surface area contributed by atoms with E-state index in [1.165, 1.54) is 0 Å². The van der Waals surface area contributed by atoms with Crippen molar-refractivity contribution in [2.75, 3.05) is 17.6 Å². The fourth-order valence-electron chi connectivity index (χ4n) is 1.83. The standard InChI is InChI=1S/C14H14FN3O2/c15-11-3-6-14(18(19)20)13(9-11)17-8-7-10-1-4-12(16)5-2-10/h1-6,9,17H,7-8,16H2. The van der Waals surface area contributed by atoms with Gasteiger partial charge in [0.25, 0.3) is 5.69 Å². The molecule has 104 valence electrons. The predicted octanol–water partition coefficient (Wildman–Crippen LogP) is 2.97. The molecule has 20 heavy (non-hydrogen) atoms. The molecule has 0 aliphatic rings. The maximum atomic E-state index is 13.1. The lowest BCUT2D eigenvalue weighted by Crippen LogP contribution is -2.07. The second-order valence-corrected chi connectivity index (χ2v) is 4.34. The lowest BCUT2D eigenvalue weighted by atomic mass is 10.1. The molecule has 0 bridgehead atoms. The van der Waals surface area contributed by atoms with E-state index in [0.717, 1.165) is 23.8 Å². The second-order valence-electron chi connectivity index (χ2n) is 4.34. The number of nitrogens with zero attached hydrogens (tertiary/aromatic N) is 1. The summed E-state index contributed by atoms with van der Waals surface area (Å²) in [4.78, 5) is 10.3. The Bertz CT molecular complexity index is 614. The van der Waals surface area contributed by atoms with E-state index in [-0.39, 0.29) is 11.4 Å². The van der Waals surface area contributed by atoms with Gasteiger partial charge in [0.15, 0.2) is 0 Å². The van der Waals surface area contributed by atoms with E-state index in [1.54, 1.807) is 12.1 Å². The smallest absolute Gasteiger partial charge is 0.292 e. The maximum absolute atomic E-state index is 13.1. The number of nitrogens with two attached hydrogens (primary N) is 1. The topological polar surface area (TPSA) is 81.2 Å². The maximum Gasteiger partial charge on any atom is 0.292 e. The fraction of sp³-hybridized carbons (Fsp3) is 0.143. The molecule has 2 aromatic rings. The van der Waals surface area contributed by atoms with E-state index in [2.05, 4.69) is 5.32 Å². The van der Waals surface area contributed by atoms with Gasteiger partial charge in [0.1, 0.15) is 11.5 Å². The van der Waals surface area contributed by atoms with Crippen LogP contribution in [0.25, 0.3) is 0 Å². The van der Waals surface area contributed by atoms with Crippen molar-refractivity contribution in [3.8, 4) is 0 Å². The Kier molecular flexibility index (Phi) is 4.14. The van der Waals surface area contributed by atoms with Crippen LogP contribution in [0, 0.1) is 15.9 Å². The van der Waals surface area contributed by atoms with Crippen LogP contribution in [0.3, 0.4) is 0 Å². The van der Waals surface area contributed by atoms with Crippen molar-refractivity contribution in [2.45, 2.75) is 6.42 Å². The average Bonchev–Trinajstić information content (AvgIpc) is 2.41. The van der Waals surface area contributed by atoms with Crippen molar-refractivity contribution in [2.24, 2.45) is 0 Å². The molecule has 0 spiro atoms. The van der Waals surface area contributed by atoms with Crippen molar-refractivity contribution in [3.63, 3.8) is 0 Å². The molecular weight excluding hydrogens is 261 g/mol. The molecule has 0 unspecified atom stereocenters. The van der Waals surface area contributed by atoms with Crippen LogP contribution in [0.15, 0.2) is 42.5 Å². The first-order valence-electron chi connectivity index (χ1n) is 6.08. The third kappa shape index (κ3) is 3.44. The molecule has 0 aromatic heterocycles. The minimum Gasteiger partial charge on any atom is -0.399 e. The molecule has 2 rings (SSSR count). The van der Waals surface area contributed by atoms with Crippen molar-refractivity contribution in [1.82, 2.24) is 0 Å². The van der Waals surface area contributed by atoms with Gasteiger partial charge < -0.3 is 11.1 Å². The Balaban J connectivity index is 2.02. The summed E-state index contributed by atoms with van der Waals surface area (Å²) in [5.41, 5.74) is 7.36. The molecule has 0 amide bonds. The van der Waals surface area contributed by atoms with Crippen molar-refractivity contribution < 1.29 is 9.31 Å². The summed E-state index contributed by atoms with van der Waals surface area (Å²) in [6.07, 6.45) is 0.661. The Hall–Kier alpha value is -2.63. The number of halogens is 1. The Morgan fingerprint density at radius 1 is 1.20 bits per heavy atom. The summed E-state index contributed by atoms with van der Waals surface area (Å²) < 4.78 is 13.1. The minimum absolute atomic E-state index is 0.135. The SMILES string of the molecule is Nc1ccc(CCNc2cc(F)ccc2[N+](=O)[O-])cc1. The molecular formula is C14H14FN3O2. The molecule has 0 aliphatic heterocycles. The zero-order valence-corrected chi connectivity index (χ0v) is 10.7. The number of hydrogen-bond acceptors (Lipinski definition) is 4. The zero-order chi connectivity index (χ0) is 14.5. The van der Waals surface area contributed by atoms with Crippen molar-refractivity contribution >= 4 is 17.1 Å². The average molecular weight is 275 g/mol. The lowest BCUT2D eigenvalue weighted by molar-refractivity contribution is -0.384. The molecule has 0 fully saturated rings. The molecule has 0 atom stereocenters. The Morgan fingerprint density at radius 3 is 2.55 bits per heavy atom. The second kappa shape index (κ2) is 6.01. The van der Waals surface area contributed by atoms with Gasteiger partial charge in [-0.2, -0.15) is 0 Å². The van der Waals surface area contributed by atoms with E-state index in [0.29, 0.717) is 18.7 Å². The quantitative estimate of drug-likeness (QED) is 0.499. The van der Waals surface area contributed by atoms with Gasteiger partial charge in [-0.05, 0) is 30.2 Å². The van der Waals surface area contributed by atoms with Crippen LogP contribution < -0.4 is 11.1 Å². The summed E-state index contributed by atoms with van der Waals surface area (Å²) in [5, 5.41) is 13.7. The first kappa shape index (κ1) is 13.8. The van der Waals surface area contributed by atoms with Gasteiger partial charge in [-0.15, -0.1) is 0 Å². The highest BCUT2D eigenvalue weighted by Crippen LogP contribution is 2.24. The van der Waals surface area contributed by atoms with Gasteiger partial charge in [-0.25, -0.2) is 4.39 Å². The van der Waals surface area contributed by atoms with Gasteiger partial charge in [-0.1, -0.05) is 12.1 Å². The highest BCUT2D eigenvalue weighted by atomic mass is 19.1. The Labute approximate surface area is 115 Å². The molecule has 0 radical (unpaired) electrons. The number of nitrogens with one attached hydrogen (secondary N) is 1. The molecule has 0 aliphatic carbocycles. The molecule has 3 N–H and O–H groups in total. The third-order valence-corrected chi connectivity index (χ3v) is 2.86. The zero-order valence-electron chi connectivity index (χ0n) is 10.7. The molecule has 0 saturated carbocycles. The molecule has 5 nitrogen and oxygen atoms in total. The summed E-state index contributed by atoms with van der Waals surface area (Å²) in [5.74, 6) is -0.509. The highest BCUT2D eigenvalue weighted by Gasteiger charge is 2.13. The number of rotatable bonds is 5. The number of anilines is 2. The summed E-state index contributed by atoms with van der Waals surface area (Å²) in [7, 11) is 0. The Morgan fingerprint density at radius 2 is 1.90 bits per heavy atom. The van der Waals surface area contributed by atoms with E-state index >= 15 is 0 Å². The van der Waals surface area contributed by atoms with Crippen LogP contribution in [-0.4, -0.2) is 11.5 Å². The van der Waals surface area contributed by atoms with Gasteiger partial charge >= 0.3 is 0 Å². The monoisotopic (exact) mass is 275 g/mol. The first-order chi connectivity index (χ1) is 9.56. The predicted molar refractivity (Wildman–Crippen MR) is 76.1 cm³/mol. The third-order valence-electron chi connectivity index (χ3n) is 2.86. The summed E-state index contributed by atoms with van der Waals surface area (Å²) in [6.45, 7) is 0.466. The van der Waals surface area contributed by atoms with Gasteiger partial charge in [0.2, 0.25) is 0 Å². The van der Waals surface area contributed by atoms with Crippen molar-refractivity contribution in [1.29, 1.82) is 0 Å². The van der Waals surface area contributed by atoms with Crippen LogP contribution in [0.1, 0.15) is 5.56 Å². The number of benzene rings is 2. The van der Waals surface area contributed by atoms with Crippen LogP contribution in [0.4, 0.5) is 21.5 Å². The van der Waals surface area contributed by atoms with E-state index < -0.39 is 10.7 Å². The molecule has 6 heteroatoms. The van der Waals surface area contributed by atoms with Crippen LogP contribution >= 0.6 is 0 Å².